The zero-order chi connectivity index (χ0) is 23.6. The van der Waals surface area contributed by atoms with Crippen molar-refractivity contribution in [3.8, 4) is 11.5 Å². The van der Waals surface area contributed by atoms with Crippen molar-refractivity contribution in [2.24, 2.45) is 0 Å². The Labute approximate surface area is 190 Å². The molecule has 6 nitrogen and oxygen atoms in total. The first-order valence-corrected chi connectivity index (χ1v) is 12.1. The topological polar surface area (TPSA) is 115 Å². The Morgan fingerprint density at radius 2 is 0.909 bits per heavy atom. The normalized spacial score (nSPS) is 11.2. The first kappa shape index (κ1) is 21.9. The van der Waals surface area contributed by atoms with Crippen LogP contribution in [0.2, 0.25) is 0 Å². The molecule has 0 aromatic heterocycles. The van der Waals surface area contributed by atoms with Crippen LogP contribution in [-0.2, 0) is 0 Å². The quantitative estimate of drug-likeness (QED) is 0.260. The minimum atomic E-state index is -3.66. The lowest BCUT2D eigenvalue weighted by atomic mass is 10.2. The summed E-state index contributed by atoms with van der Waals surface area (Å²) in [5.74, 6) is -2.69. The number of benzene rings is 4. The van der Waals surface area contributed by atoms with Gasteiger partial charge in [-0.1, -0.05) is 60.7 Å². The molecule has 0 atom stereocenters. The Hall–Kier alpha value is -4.36. The van der Waals surface area contributed by atoms with Crippen LogP contribution in [0.5, 0.6) is 11.5 Å². The molecule has 0 spiro atoms. The first-order chi connectivity index (χ1) is 15.9. The van der Waals surface area contributed by atoms with E-state index in [1.165, 1.54) is 36.4 Å². The van der Waals surface area contributed by atoms with E-state index in [9.17, 15) is 30.0 Å². The van der Waals surface area contributed by atoms with E-state index in [0.717, 1.165) is 0 Å². The smallest absolute Gasteiger partial charge is 0.335 e. The van der Waals surface area contributed by atoms with Gasteiger partial charge in [0.15, 0.2) is 8.07 Å². The molecule has 0 aliphatic rings. The van der Waals surface area contributed by atoms with E-state index in [-0.39, 0.29) is 22.6 Å². The molecule has 0 radical (unpaired) electrons. The second-order valence-corrected chi connectivity index (χ2v) is 11.3. The number of hydrogen-bond acceptors (Lipinski definition) is 4. The maximum Gasteiger partial charge on any atom is 0.335 e. The number of carbonyl (C=O) groups is 2. The Kier molecular flexibility index (Phi) is 5.72. The van der Waals surface area contributed by atoms with Gasteiger partial charge in [-0.2, -0.15) is 0 Å². The molecule has 0 amide bonds. The monoisotopic (exact) mass is 456 g/mol. The summed E-state index contributed by atoms with van der Waals surface area (Å²) in [7, 11) is -3.66. The maximum atomic E-state index is 12.3. The molecule has 0 aliphatic heterocycles. The number of hydrogen-bond donors (Lipinski definition) is 4. The molecule has 4 rings (SSSR count). The SMILES string of the molecule is O=C(O)c1ccc(O)cc1[Si](c1ccccc1)(c1ccccc1)c1cc(O)ccc1C(=O)O. The minimum Gasteiger partial charge on any atom is -0.508 e. The molecule has 0 saturated carbocycles. The molecular formula is C26H20O6Si. The number of aromatic carboxylic acids is 2. The lowest BCUT2D eigenvalue weighted by Gasteiger charge is -2.36. The average molecular weight is 457 g/mol. The summed E-state index contributed by atoms with van der Waals surface area (Å²) < 4.78 is 0. The second-order valence-electron chi connectivity index (χ2n) is 7.55. The number of phenolic OH excluding ortho intramolecular Hbond substituents is 2. The van der Waals surface area contributed by atoms with E-state index in [0.29, 0.717) is 20.7 Å². The molecule has 0 fully saturated rings. The van der Waals surface area contributed by atoms with Gasteiger partial charge in [-0.25, -0.2) is 9.59 Å². The Balaban J connectivity index is 2.31. The van der Waals surface area contributed by atoms with E-state index in [2.05, 4.69) is 0 Å². The van der Waals surface area contributed by atoms with Gasteiger partial charge in [-0.3, -0.25) is 0 Å². The highest BCUT2D eigenvalue weighted by atomic mass is 28.3. The summed E-state index contributed by atoms with van der Waals surface area (Å²) in [4.78, 5) is 24.7. The van der Waals surface area contributed by atoms with Gasteiger partial charge < -0.3 is 20.4 Å². The largest absolute Gasteiger partial charge is 0.508 e. The molecule has 0 heterocycles. The molecule has 4 aromatic carbocycles. The number of carboxylic acid groups (broad SMARTS) is 2. The lowest BCUT2D eigenvalue weighted by Crippen LogP contribution is -2.76. The summed E-state index contributed by atoms with van der Waals surface area (Å²) in [6.45, 7) is 0. The molecule has 0 bridgehead atoms. The van der Waals surface area contributed by atoms with E-state index >= 15 is 0 Å². The van der Waals surface area contributed by atoms with Crippen molar-refractivity contribution in [3.63, 3.8) is 0 Å². The third-order valence-electron chi connectivity index (χ3n) is 5.69. The Morgan fingerprint density at radius 1 is 0.545 bits per heavy atom. The third-order valence-corrected chi connectivity index (χ3v) is 10.5. The molecule has 4 aromatic rings. The predicted molar refractivity (Wildman–Crippen MR) is 127 cm³/mol. The molecular weight excluding hydrogens is 436 g/mol. The van der Waals surface area contributed by atoms with E-state index in [1.54, 1.807) is 24.3 Å². The minimum absolute atomic E-state index is 0.0492. The second kappa shape index (κ2) is 8.64. The van der Waals surface area contributed by atoms with Crippen LogP contribution in [0, 0.1) is 0 Å². The van der Waals surface area contributed by atoms with Crippen LogP contribution in [0.25, 0.3) is 0 Å². The fourth-order valence-electron chi connectivity index (χ4n) is 4.37. The summed E-state index contributed by atoms with van der Waals surface area (Å²) >= 11 is 0. The molecule has 0 saturated heterocycles. The summed E-state index contributed by atoms with van der Waals surface area (Å²) in [5.41, 5.74) is -0.0984. The molecule has 164 valence electrons. The lowest BCUT2D eigenvalue weighted by molar-refractivity contribution is 0.0688. The molecule has 0 unspecified atom stereocenters. The third kappa shape index (κ3) is 3.75. The average Bonchev–Trinajstić information content (AvgIpc) is 2.81. The van der Waals surface area contributed by atoms with Gasteiger partial charge in [0.25, 0.3) is 0 Å². The van der Waals surface area contributed by atoms with Crippen LogP contribution in [0.1, 0.15) is 20.7 Å². The van der Waals surface area contributed by atoms with Crippen LogP contribution in [0.3, 0.4) is 0 Å². The van der Waals surface area contributed by atoms with Crippen molar-refractivity contribution in [2.75, 3.05) is 0 Å². The summed E-state index contributed by atoms with van der Waals surface area (Å²) in [6.07, 6.45) is 0. The first-order valence-electron chi connectivity index (χ1n) is 10.1. The van der Waals surface area contributed by atoms with Gasteiger partial charge in [0, 0.05) is 0 Å². The summed E-state index contributed by atoms with van der Waals surface area (Å²) in [6, 6.07) is 26.1. The highest BCUT2D eigenvalue weighted by Gasteiger charge is 2.46. The van der Waals surface area contributed by atoms with E-state index in [4.69, 9.17) is 0 Å². The Bertz CT molecular complexity index is 1230. The molecule has 4 N–H and O–H groups in total. The van der Waals surface area contributed by atoms with Crippen molar-refractivity contribution in [1.82, 2.24) is 0 Å². The fraction of sp³-hybridized carbons (Fsp3) is 0. The zero-order valence-electron chi connectivity index (χ0n) is 17.3. The van der Waals surface area contributed by atoms with Gasteiger partial charge in [0.2, 0.25) is 0 Å². The van der Waals surface area contributed by atoms with Gasteiger partial charge in [-0.15, -0.1) is 0 Å². The number of aromatic hydroxyl groups is 2. The van der Waals surface area contributed by atoms with Crippen molar-refractivity contribution in [1.29, 1.82) is 0 Å². The highest BCUT2D eigenvalue weighted by molar-refractivity contribution is 7.20. The maximum absolute atomic E-state index is 12.3. The van der Waals surface area contributed by atoms with Crippen molar-refractivity contribution in [3.05, 3.63) is 108 Å². The van der Waals surface area contributed by atoms with Gasteiger partial charge in [0.05, 0.1) is 11.1 Å². The van der Waals surface area contributed by atoms with Gasteiger partial charge in [0.1, 0.15) is 11.5 Å². The predicted octanol–water partition coefficient (Wildman–Crippen LogP) is 1.87. The molecule has 7 heteroatoms. The zero-order valence-corrected chi connectivity index (χ0v) is 18.3. The van der Waals surface area contributed by atoms with Crippen molar-refractivity contribution < 1.29 is 30.0 Å². The van der Waals surface area contributed by atoms with Crippen LogP contribution < -0.4 is 20.7 Å². The van der Waals surface area contributed by atoms with Gasteiger partial charge in [-0.05, 0) is 57.1 Å². The van der Waals surface area contributed by atoms with Gasteiger partial charge >= 0.3 is 11.9 Å². The van der Waals surface area contributed by atoms with Crippen LogP contribution in [-0.4, -0.2) is 40.4 Å². The highest BCUT2D eigenvalue weighted by Crippen LogP contribution is 2.20. The molecule has 33 heavy (non-hydrogen) atoms. The number of phenols is 2. The van der Waals surface area contributed by atoms with Crippen molar-refractivity contribution >= 4 is 40.8 Å². The number of rotatable bonds is 6. The standard InChI is InChI=1S/C26H20O6Si/c27-17-11-13-21(25(29)30)23(15-17)33(19-7-3-1-4-8-19,20-9-5-2-6-10-20)24-16-18(28)12-14-22(24)26(31)32/h1-16,27-28H,(H,29,30)(H,31,32). The van der Waals surface area contributed by atoms with Crippen LogP contribution >= 0.6 is 0 Å². The van der Waals surface area contributed by atoms with E-state index < -0.39 is 20.0 Å². The summed E-state index contributed by atoms with van der Waals surface area (Å²) in [5, 5.41) is 43.0. The van der Waals surface area contributed by atoms with Crippen molar-refractivity contribution in [2.45, 2.75) is 0 Å². The number of carboxylic acids is 2. The van der Waals surface area contributed by atoms with Crippen LogP contribution in [0.15, 0.2) is 97.1 Å². The molecule has 0 aliphatic carbocycles. The van der Waals surface area contributed by atoms with E-state index in [1.807, 2.05) is 36.4 Å². The Morgan fingerprint density at radius 3 is 1.24 bits per heavy atom. The van der Waals surface area contributed by atoms with Crippen LogP contribution in [0.4, 0.5) is 0 Å². The fourth-order valence-corrected chi connectivity index (χ4v) is 9.54.